The average molecular weight is 237 g/mol. The molecule has 0 saturated carbocycles. The van der Waals surface area contributed by atoms with Crippen molar-refractivity contribution in [3.63, 3.8) is 0 Å². The highest BCUT2D eigenvalue weighted by Crippen LogP contribution is 2.27. The molecule has 0 heterocycles. The van der Waals surface area contributed by atoms with Gasteiger partial charge in [-0.1, -0.05) is 17.7 Å². The van der Waals surface area contributed by atoms with Crippen molar-refractivity contribution in [2.24, 2.45) is 0 Å². The van der Waals surface area contributed by atoms with Crippen LogP contribution in [0, 0.1) is 5.41 Å². The van der Waals surface area contributed by atoms with Crippen molar-refractivity contribution in [2.45, 2.75) is 0 Å². The molecular formula is C8H10Cl2N2O2. The highest BCUT2D eigenvalue weighted by Gasteiger charge is 2.09. The molecule has 0 bridgehead atoms. The summed E-state index contributed by atoms with van der Waals surface area (Å²) >= 11 is 5.87. The Labute approximate surface area is 92.7 Å². The summed E-state index contributed by atoms with van der Waals surface area (Å²) in [6, 6.07) is 4.97. The van der Waals surface area contributed by atoms with E-state index in [1.807, 2.05) is 0 Å². The van der Waals surface area contributed by atoms with Crippen molar-refractivity contribution in [3.8, 4) is 5.75 Å². The number of nitrogens with one attached hydrogen (secondary N) is 2. The zero-order valence-electron chi connectivity index (χ0n) is 7.37. The van der Waals surface area contributed by atoms with Crippen molar-refractivity contribution < 1.29 is 9.94 Å². The van der Waals surface area contributed by atoms with E-state index < -0.39 is 0 Å². The number of rotatable bonds is 2. The zero-order chi connectivity index (χ0) is 9.84. The summed E-state index contributed by atoms with van der Waals surface area (Å²) in [7, 11) is 1.49. The lowest BCUT2D eigenvalue weighted by atomic mass is 10.2. The molecule has 6 heteroatoms. The molecule has 0 amide bonds. The van der Waals surface area contributed by atoms with Crippen LogP contribution in [0.2, 0.25) is 5.02 Å². The fourth-order valence-corrected chi connectivity index (χ4v) is 1.22. The smallest absolute Gasteiger partial charge is 0.151 e. The SMILES string of the molecule is COc1cccc(C(=N)NO)c1Cl.Cl. The Hall–Kier alpha value is -0.970. The molecule has 0 saturated heterocycles. The Balaban J connectivity index is 0.00000169. The minimum absolute atomic E-state index is 0. The number of hydrogen-bond acceptors (Lipinski definition) is 3. The van der Waals surface area contributed by atoms with Crippen molar-refractivity contribution in [2.75, 3.05) is 7.11 Å². The van der Waals surface area contributed by atoms with Gasteiger partial charge < -0.3 is 4.74 Å². The van der Waals surface area contributed by atoms with Gasteiger partial charge in [0.1, 0.15) is 5.75 Å². The highest BCUT2D eigenvalue weighted by atomic mass is 35.5. The molecule has 0 aliphatic carbocycles. The summed E-state index contributed by atoms with van der Waals surface area (Å²) < 4.78 is 4.94. The summed E-state index contributed by atoms with van der Waals surface area (Å²) in [4.78, 5) is 0. The van der Waals surface area contributed by atoms with Crippen molar-refractivity contribution >= 4 is 29.8 Å². The first-order valence-corrected chi connectivity index (χ1v) is 3.90. The Bertz CT molecular complexity index is 331. The first-order chi connectivity index (χ1) is 6.20. The number of benzene rings is 1. The lowest BCUT2D eigenvalue weighted by molar-refractivity contribution is 0.234. The Morgan fingerprint density at radius 3 is 2.71 bits per heavy atom. The van der Waals surface area contributed by atoms with E-state index >= 15 is 0 Å². The third-order valence-electron chi connectivity index (χ3n) is 1.56. The lowest BCUT2D eigenvalue weighted by Gasteiger charge is -2.07. The second kappa shape index (κ2) is 5.70. The summed E-state index contributed by atoms with van der Waals surface area (Å²) in [5, 5.41) is 16.1. The number of hydroxylamine groups is 1. The Morgan fingerprint density at radius 1 is 1.57 bits per heavy atom. The van der Waals surface area contributed by atoms with Crippen LogP contribution in [0.15, 0.2) is 18.2 Å². The minimum atomic E-state index is -0.163. The highest BCUT2D eigenvalue weighted by molar-refractivity contribution is 6.35. The van der Waals surface area contributed by atoms with Crippen molar-refractivity contribution in [3.05, 3.63) is 28.8 Å². The van der Waals surface area contributed by atoms with Crippen LogP contribution in [0.4, 0.5) is 0 Å². The fraction of sp³-hybridized carbons (Fsp3) is 0.125. The van der Waals surface area contributed by atoms with E-state index in [9.17, 15) is 0 Å². The van der Waals surface area contributed by atoms with E-state index in [2.05, 4.69) is 0 Å². The van der Waals surface area contributed by atoms with Crippen LogP contribution in [-0.2, 0) is 0 Å². The molecule has 1 aromatic rings. The first-order valence-electron chi connectivity index (χ1n) is 3.52. The average Bonchev–Trinajstić information content (AvgIpc) is 2.17. The molecule has 0 atom stereocenters. The van der Waals surface area contributed by atoms with Crippen LogP contribution in [0.5, 0.6) is 5.75 Å². The van der Waals surface area contributed by atoms with Crippen LogP contribution in [0.3, 0.4) is 0 Å². The van der Waals surface area contributed by atoms with Gasteiger partial charge in [0.15, 0.2) is 5.84 Å². The van der Waals surface area contributed by atoms with Gasteiger partial charge >= 0.3 is 0 Å². The second-order valence-electron chi connectivity index (χ2n) is 2.31. The van der Waals surface area contributed by atoms with Gasteiger partial charge in [-0.2, -0.15) is 0 Å². The van der Waals surface area contributed by atoms with Crippen LogP contribution < -0.4 is 10.2 Å². The summed E-state index contributed by atoms with van der Waals surface area (Å²) in [6.45, 7) is 0. The molecule has 4 nitrogen and oxygen atoms in total. The number of ether oxygens (including phenoxy) is 1. The predicted molar refractivity (Wildman–Crippen MR) is 57.0 cm³/mol. The van der Waals surface area contributed by atoms with Crippen LogP contribution in [0.1, 0.15) is 5.56 Å². The monoisotopic (exact) mass is 236 g/mol. The molecule has 0 radical (unpaired) electrons. The van der Waals surface area contributed by atoms with E-state index in [0.717, 1.165) is 0 Å². The van der Waals surface area contributed by atoms with Gasteiger partial charge in [0.2, 0.25) is 0 Å². The molecule has 0 fully saturated rings. The van der Waals surface area contributed by atoms with Gasteiger partial charge in [-0.25, -0.2) is 0 Å². The van der Waals surface area contributed by atoms with E-state index in [0.29, 0.717) is 16.3 Å². The minimum Gasteiger partial charge on any atom is -0.495 e. The zero-order valence-corrected chi connectivity index (χ0v) is 8.95. The van der Waals surface area contributed by atoms with Gasteiger partial charge in [-0.3, -0.25) is 16.1 Å². The van der Waals surface area contributed by atoms with E-state index in [1.165, 1.54) is 7.11 Å². The molecular weight excluding hydrogens is 227 g/mol. The Morgan fingerprint density at radius 2 is 2.21 bits per heavy atom. The molecule has 3 N–H and O–H groups in total. The molecule has 0 unspecified atom stereocenters. The molecule has 0 spiro atoms. The number of halogens is 2. The summed E-state index contributed by atoms with van der Waals surface area (Å²) in [5.74, 6) is 0.308. The Kier molecular flexibility index (Phi) is 5.30. The van der Waals surface area contributed by atoms with Crippen LogP contribution in [0.25, 0.3) is 0 Å². The summed E-state index contributed by atoms with van der Waals surface area (Å²) in [6.07, 6.45) is 0. The molecule has 14 heavy (non-hydrogen) atoms. The summed E-state index contributed by atoms with van der Waals surface area (Å²) in [5.41, 5.74) is 2.11. The molecule has 0 aromatic heterocycles. The maximum Gasteiger partial charge on any atom is 0.151 e. The van der Waals surface area contributed by atoms with E-state index in [4.69, 9.17) is 27.0 Å². The van der Waals surface area contributed by atoms with Crippen molar-refractivity contribution in [1.29, 1.82) is 5.41 Å². The molecule has 0 aliphatic rings. The molecule has 1 rings (SSSR count). The van der Waals surface area contributed by atoms with Gasteiger partial charge in [0.25, 0.3) is 0 Å². The van der Waals surface area contributed by atoms with E-state index in [-0.39, 0.29) is 18.2 Å². The predicted octanol–water partition coefficient (Wildman–Crippen LogP) is 2.07. The third-order valence-corrected chi connectivity index (χ3v) is 1.95. The standard InChI is InChI=1S/C8H9ClN2O2.ClH/c1-13-6-4-2-3-5(7(6)9)8(10)11-12;/h2-4,12H,1H3,(H2,10,11);1H. The number of methoxy groups -OCH3 is 1. The topological polar surface area (TPSA) is 65.3 Å². The normalized spacial score (nSPS) is 8.79. The van der Waals surface area contributed by atoms with Gasteiger partial charge in [0.05, 0.1) is 12.1 Å². The van der Waals surface area contributed by atoms with Crippen LogP contribution in [-0.4, -0.2) is 18.2 Å². The maximum atomic E-state index is 8.50. The third kappa shape index (κ3) is 2.51. The van der Waals surface area contributed by atoms with E-state index in [1.54, 1.807) is 23.7 Å². The lowest BCUT2D eigenvalue weighted by Crippen LogP contribution is -2.19. The van der Waals surface area contributed by atoms with Crippen LogP contribution >= 0.6 is 24.0 Å². The largest absolute Gasteiger partial charge is 0.495 e. The first kappa shape index (κ1) is 13.0. The second-order valence-corrected chi connectivity index (χ2v) is 2.69. The fourth-order valence-electron chi connectivity index (χ4n) is 0.922. The number of hydrogen-bond donors (Lipinski definition) is 3. The van der Waals surface area contributed by atoms with Crippen molar-refractivity contribution in [1.82, 2.24) is 5.48 Å². The number of amidine groups is 1. The molecule has 78 valence electrons. The molecule has 1 aromatic carbocycles. The van der Waals surface area contributed by atoms with Gasteiger partial charge in [-0.05, 0) is 12.1 Å². The van der Waals surface area contributed by atoms with Gasteiger partial charge in [-0.15, -0.1) is 12.4 Å². The molecule has 0 aliphatic heterocycles. The van der Waals surface area contributed by atoms with Gasteiger partial charge in [0, 0.05) is 5.56 Å². The maximum absolute atomic E-state index is 8.50. The quantitative estimate of drug-likeness (QED) is 0.419.